The minimum atomic E-state index is -0.871. The van der Waals surface area contributed by atoms with Crippen LogP contribution in [0.2, 0.25) is 0 Å². The molecule has 0 radical (unpaired) electrons. The standard InChI is InChI=1S/C18H19NO2/c1-12-7-8-17(15(10-12)18(20)21)19-11-13(2)9-14-5-3-4-6-16(14)19/h3-8,10,13H,9,11H2,1-2H3,(H,20,21). The molecule has 2 aromatic carbocycles. The fourth-order valence-electron chi connectivity index (χ4n) is 3.08. The van der Waals surface area contributed by atoms with Crippen LogP contribution in [0.3, 0.4) is 0 Å². The molecule has 21 heavy (non-hydrogen) atoms. The Labute approximate surface area is 124 Å². The Kier molecular flexibility index (Phi) is 3.42. The molecule has 1 N–H and O–H groups in total. The highest BCUT2D eigenvalue weighted by atomic mass is 16.4. The Morgan fingerprint density at radius 2 is 1.95 bits per heavy atom. The molecular weight excluding hydrogens is 262 g/mol. The number of hydrogen-bond acceptors (Lipinski definition) is 2. The maximum atomic E-state index is 11.6. The Bertz CT molecular complexity index is 693. The van der Waals surface area contributed by atoms with E-state index in [2.05, 4.69) is 24.0 Å². The van der Waals surface area contributed by atoms with Crippen molar-refractivity contribution in [3.8, 4) is 0 Å². The number of benzene rings is 2. The van der Waals surface area contributed by atoms with Crippen LogP contribution in [-0.2, 0) is 6.42 Å². The van der Waals surface area contributed by atoms with Gasteiger partial charge in [-0.2, -0.15) is 0 Å². The van der Waals surface area contributed by atoms with Crippen molar-refractivity contribution in [1.82, 2.24) is 0 Å². The molecule has 3 rings (SSSR count). The van der Waals surface area contributed by atoms with E-state index in [1.807, 2.05) is 31.2 Å². The molecule has 1 atom stereocenters. The third-order valence-corrected chi connectivity index (χ3v) is 4.02. The van der Waals surface area contributed by atoms with E-state index in [-0.39, 0.29) is 0 Å². The normalized spacial score (nSPS) is 17.4. The van der Waals surface area contributed by atoms with Crippen LogP contribution in [0, 0.1) is 12.8 Å². The minimum absolute atomic E-state index is 0.374. The van der Waals surface area contributed by atoms with Crippen LogP contribution in [0.1, 0.15) is 28.4 Å². The molecule has 108 valence electrons. The summed E-state index contributed by atoms with van der Waals surface area (Å²) >= 11 is 0. The number of carboxylic acids is 1. The minimum Gasteiger partial charge on any atom is -0.478 e. The third-order valence-electron chi connectivity index (χ3n) is 4.02. The van der Waals surface area contributed by atoms with Crippen LogP contribution in [-0.4, -0.2) is 17.6 Å². The van der Waals surface area contributed by atoms with Gasteiger partial charge in [-0.25, -0.2) is 4.79 Å². The molecule has 1 unspecified atom stereocenters. The lowest BCUT2D eigenvalue weighted by atomic mass is 9.92. The van der Waals surface area contributed by atoms with Crippen molar-refractivity contribution < 1.29 is 9.90 Å². The quantitative estimate of drug-likeness (QED) is 0.903. The highest BCUT2D eigenvalue weighted by Crippen LogP contribution is 2.37. The van der Waals surface area contributed by atoms with E-state index >= 15 is 0 Å². The number of carboxylic acid groups (broad SMARTS) is 1. The molecule has 3 heteroatoms. The number of carbonyl (C=O) groups is 1. The van der Waals surface area contributed by atoms with Crippen molar-refractivity contribution in [2.75, 3.05) is 11.4 Å². The second kappa shape index (κ2) is 5.24. The summed E-state index contributed by atoms with van der Waals surface area (Å²) in [6, 6.07) is 13.9. The molecule has 0 saturated carbocycles. The summed E-state index contributed by atoms with van der Waals surface area (Å²) in [5.74, 6) is -0.368. The molecular formula is C18H19NO2. The maximum absolute atomic E-state index is 11.6. The first-order valence-electron chi connectivity index (χ1n) is 7.25. The number of aromatic carboxylic acids is 1. The largest absolute Gasteiger partial charge is 0.478 e. The van der Waals surface area contributed by atoms with Crippen LogP contribution >= 0.6 is 0 Å². The Balaban J connectivity index is 2.15. The Hall–Kier alpha value is -2.29. The highest BCUT2D eigenvalue weighted by Gasteiger charge is 2.25. The van der Waals surface area contributed by atoms with Gasteiger partial charge in [0, 0.05) is 12.2 Å². The highest BCUT2D eigenvalue weighted by molar-refractivity contribution is 5.96. The van der Waals surface area contributed by atoms with Crippen molar-refractivity contribution in [1.29, 1.82) is 0 Å². The summed E-state index contributed by atoms with van der Waals surface area (Å²) in [5, 5.41) is 9.51. The predicted octanol–water partition coefficient (Wildman–Crippen LogP) is 4.02. The average Bonchev–Trinajstić information content (AvgIpc) is 2.46. The van der Waals surface area contributed by atoms with Gasteiger partial charge in [-0.3, -0.25) is 0 Å². The van der Waals surface area contributed by atoms with Crippen molar-refractivity contribution in [3.63, 3.8) is 0 Å². The first-order chi connectivity index (χ1) is 10.1. The van der Waals surface area contributed by atoms with E-state index < -0.39 is 5.97 Å². The molecule has 0 aromatic heterocycles. The van der Waals surface area contributed by atoms with Crippen molar-refractivity contribution in [2.24, 2.45) is 5.92 Å². The van der Waals surface area contributed by atoms with E-state index in [1.165, 1.54) is 5.56 Å². The van der Waals surface area contributed by atoms with Gasteiger partial charge in [-0.15, -0.1) is 0 Å². The molecule has 0 amide bonds. The number of anilines is 2. The number of nitrogens with zero attached hydrogens (tertiary/aromatic N) is 1. The van der Waals surface area contributed by atoms with Crippen LogP contribution in [0.25, 0.3) is 0 Å². The molecule has 2 aromatic rings. The van der Waals surface area contributed by atoms with Gasteiger partial charge in [0.2, 0.25) is 0 Å². The second-order valence-electron chi connectivity index (χ2n) is 5.87. The van der Waals surface area contributed by atoms with E-state index in [0.717, 1.165) is 29.9 Å². The molecule has 0 fully saturated rings. The summed E-state index contributed by atoms with van der Waals surface area (Å²) in [4.78, 5) is 13.7. The monoisotopic (exact) mass is 281 g/mol. The SMILES string of the molecule is Cc1ccc(N2CC(C)Cc3ccccc32)c(C(=O)O)c1. The topological polar surface area (TPSA) is 40.5 Å². The summed E-state index contributed by atoms with van der Waals surface area (Å²) in [7, 11) is 0. The fraction of sp³-hybridized carbons (Fsp3) is 0.278. The van der Waals surface area contributed by atoms with Crippen LogP contribution < -0.4 is 4.90 Å². The lowest BCUT2D eigenvalue weighted by Gasteiger charge is -2.35. The summed E-state index contributed by atoms with van der Waals surface area (Å²) in [6.45, 7) is 4.97. The maximum Gasteiger partial charge on any atom is 0.337 e. The van der Waals surface area contributed by atoms with Gasteiger partial charge in [-0.05, 0) is 43.0 Å². The molecule has 0 spiro atoms. The zero-order valence-electron chi connectivity index (χ0n) is 12.3. The lowest BCUT2D eigenvalue weighted by Crippen LogP contribution is -2.31. The van der Waals surface area contributed by atoms with Gasteiger partial charge < -0.3 is 10.0 Å². The van der Waals surface area contributed by atoms with Gasteiger partial charge in [0.05, 0.1) is 11.3 Å². The first kappa shape index (κ1) is 13.7. The molecule has 1 aliphatic heterocycles. The first-order valence-corrected chi connectivity index (χ1v) is 7.25. The molecule has 0 bridgehead atoms. The van der Waals surface area contributed by atoms with Crippen molar-refractivity contribution >= 4 is 17.3 Å². The zero-order chi connectivity index (χ0) is 15.0. The number of para-hydroxylation sites is 1. The van der Waals surface area contributed by atoms with Gasteiger partial charge in [-0.1, -0.05) is 36.8 Å². The summed E-state index contributed by atoms with van der Waals surface area (Å²) in [5.41, 5.74) is 4.54. The number of rotatable bonds is 2. The molecule has 1 aliphatic rings. The molecule has 1 heterocycles. The van der Waals surface area contributed by atoms with E-state index in [0.29, 0.717) is 11.5 Å². The Morgan fingerprint density at radius 3 is 2.71 bits per heavy atom. The summed E-state index contributed by atoms with van der Waals surface area (Å²) in [6.07, 6.45) is 1.04. The van der Waals surface area contributed by atoms with Crippen LogP contribution in [0.4, 0.5) is 11.4 Å². The van der Waals surface area contributed by atoms with E-state index in [4.69, 9.17) is 0 Å². The molecule has 0 saturated heterocycles. The summed E-state index contributed by atoms with van der Waals surface area (Å²) < 4.78 is 0. The second-order valence-corrected chi connectivity index (χ2v) is 5.87. The van der Waals surface area contributed by atoms with Crippen molar-refractivity contribution in [2.45, 2.75) is 20.3 Å². The third kappa shape index (κ3) is 2.51. The van der Waals surface area contributed by atoms with Crippen molar-refractivity contribution in [3.05, 3.63) is 59.2 Å². The van der Waals surface area contributed by atoms with E-state index in [9.17, 15) is 9.90 Å². The van der Waals surface area contributed by atoms with Crippen LogP contribution in [0.15, 0.2) is 42.5 Å². The number of hydrogen-bond donors (Lipinski definition) is 1. The smallest absolute Gasteiger partial charge is 0.337 e. The predicted molar refractivity (Wildman–Crippen MR) is 84.5 cm³/mol. The van der Waals surface area contributed by atoms with Gasteiger partial charge in [0.15, 0.2) is 0 Å². The van der Waals surface area contributed by atoms with Gasteiger partial charge in [0.1, 0.15) is 0 Å². The van der Waals surface area contributed by atoms with Gasteiger partial charge in [0.25, 0.3) is 0 Å². The van der Waals surface area contributed by atoms with Crippen LogP contribution in [0.5, 0.6) is 0 Å². The molecule has 0 aliphatic carbocycles. The lowest BCUT2D eigenvalue weighted by molar-refractivity contribution is 0.0697. The van der Waals surface area contributed by atoms with E-state index in [1.54, 1.807) is 6.07 Å². The zero-order valence-corrected chi connectivity index (χ0v) is 12.3. The van der Waals surface area contributed by atoms with Gasteiger partial charge >= 0.3 is 5.97 Å². The number of fused-ring (bicyclic) bond motifs is 1. The number of aryl methyl sites for hydroxylation is 1. The Morgan fingerprint density at radius 1 is 1.19 bits per heavy atom. The molecule has 3 nitrogen and oxygen atoms in total. The average molecular weight is 281 g/mol. The fourth-order valence-corrected chi connectivity index (χ4v) is 3.08.